The zero-order chi connectivity index (χ0) is 11.8. The normalized spacial score (nSPS) is 16.8. The lowest BCUT2D eigenvalue weighted by atomic mass is 10.2. The molecule has 2 aromatic heterocycles. The molecule has 1 saturated carbocycles. The van der Waals surface area contributed by atoms with E-state index in [2.05, 4.69) is 25.5 Å². The molecule has 2 heterocycles. The van der Waals surface area contributed by atoms with Crippen LogP contribution in [0.3, 0.4) is 0 Å². The summed E-state index contributed by atoms with van der Waals surface area (Å²) in [5.41, 5.74) is 6.90. The molecule has 2 aromatic rings. The van der Waals surface area contributed by atoms with Crippen molar-refractivity contribution in [2.45, 2.75) is 31.7 Å². The van der Waals surface area contributed by atoms with Gasteiger partial charge in [0.15, 0.2) is 11.3 Å². The SMILES string of the molecule is Cn1nc2nc(N)nc(NC3CCCC3)c2n1. The van der Waals surface area contributed by atoms with Crippen molar-refractivity contribution in [2.75, 3.05) is 11.1 Å². The number of hydrogen-bond donors (Lipinski definition) is 2. The van der Waals surface area contributed by atoms with E-state index in [0.29, 0.717) is 23.0 Å². The van der Waals surface area contributed by atoms with Crippen LogP contribution in [0.25, 0.3) is 11.2 Å². The maximum Gasteiger partial charge on any atom is 0.224 e. The summed E-state index contributed by atoms with van der Waals surface area (Å²) in [6, 6.07) is 0.467. The van der Waals surface area contributed by atoms with Crippen molar-refractivity contribution < 1.29 is 0 Å². The topological polar surface area (TPSA) is 94.5 Å². The standard InChI is InChI=1S/C10H15N7/c1-17-15-7-8(12-6-4-2-3-5-6)13-10(11)14-9(7)16-17/h6H,2-5H2,1H3,(H3,11,12,13,14,16). The van der Waals surface area contributed by atoms with Crippen LogP contribution in [0, 0.1) is 0 Å². The molecule has 0 unspecified atom stereocenters. The molecule has 7 heteroatoms. The van der Waals surface area contributed by atoms with E-state index < -0.39 is 0 Å². The molecule has 0 saturated heterocycles. The van der Waals surface area contributed by atoms with Gasteiger partial charge in [-0.25, -0.2) is 0 Å². The van der Waals surface area contributed by atoms with E-state index >= 15 is 0 Å². The Labute approximate surface area is 98.4 Å². The molecule has 1 aliphatic rings. The number of rotatable bonds is 2. The lowest BCUT2D eigenvalue weighted by molar-refractivity contribution is 0.663. The van der Waals surface area contributed by atoms with Crippen molar-refractivity contribution in [2.24, 2.45) is 7.05 Å². The highest BCUT2D eigenvalue weighted by Gasteiger charge is 2.18. The van der Waals surface area contributed by atoms with Crippen molar-refractivity contribution in [3.63, 3.8) is 0 Å². The summed E-state index contributed by atoms with van der Waals surface area (Å²) in [5, 5.41) is 11.8. The maximum absolute atomic E-state index is 5.67. The second-order valence-electron chi connectivity index (χ2n) is 4.42. The molecule has 1 aliphatic carbocycles. The van der Waals surface area contributed by atoms with E-state index in [1.165, 1.54) is 30.5 Å². The summed E-state index contributed by atoms with van der Waals surface area (Å²) < 4.78 is 0. The van der Waals surface area contributed by atoms with Crippen LogP contribution in [0.2, 0.25) is 0 Å². The third kappa shape index (κ3) is 1.88. The van der Waals surface area contributed by atoms with Gasteiger partial charge in [-0.15, -0.1) is 10.2 Å². The van der Waals surface area contributed by atoms with E-state index in [-0.39, 0.29) is 5.95 Å². The largest absolute Gasteiger partial charge is 0.368 e. The predicted molar refractivity (Wildman–Crippen MR) is 64.4 cm³/mol. The van der Waals surface area contributed by atoms with Gasteiger partial charge in [0.2, 0.25) is 11.6 Å². The number of hydrogen-bond acceptors (Lipinski definition) is 6. The molecule has 1 fully saturated rings. The first-order valence-corrected chi connectivity index (χ1v) is 5.83. The molecule has 3 N–H and O–H groups in total. The first-order chi connectivity index (χ1) is 8.22. The monoisotopic (exact) mass is 233 g/mol. The van der Waals surface area contributed by atoms with Gasteiger partial charge in [-0.05, 0) is 12.8 Å². The Bertz CT molecular complexity index is 541. The Kier molecular flexibility index (Phi) is 2.31. The van der Waals surface area contributed by atoms with Crippen LogP contribution < -0.4 is 11.1 Å². The van der Waals surface area contributed by atoms with E-state index in [1.807, 2.05) is 0 Å². The van der Waals surface area contributed by atoms with Gasteiger partial charge in [-0.2, -0.15) is 14.8 Å². The van der Waals surface area contributed by atoms with Crippen LogP contribution in [0.1, 0.15) is 25.7 Å². The molecule has 90 valence electrons. The van der Waals surface area contributed by atoms with Gasteiger partial charge in [0.1, 0.15) is 0 Å². The van der Waals surface area contributed by atoms with Gasteiger partial charge in [0.25, 0.3) is 0 Å². The Morgan fingerprint density at radius 3 is 2.76 bits per heavy atom. The number of fused-ring (bicyclic) bond motifs is 1. The summed E-state index contributed by atoms with van der Waals surface area (Å²) in [6.07, 6.45) is 4.88. The summed E-state index contributed by atoms with van der Waals surface area (Å²) in [6.45, 7) is 0. The van der Waals surface area contributed by atoms with E-state index in [9.17, 15) is 0 Å². The first-order valence-electron chi connectivity index (χ1n) is 5.83. The van der Waals surface area contributed by atoms with Crippen LogP contribution in [-0.2, 0) is 7.05 Å². The number of nitrogens with one attached hydrogen (secondary N) is 1. The molecule has 0 bridgehead atoms. The molecule has 7 nitrogen and oxygen atoms in total. The van der Waals surface area contributed by atoms with Crippen molar-refractivity contribution in [1.82, 2.24) is 25.0 Å². The number of aryl methyl sites for hydroxylation is 1. The molecule has 3 rings (SSSR count). The van der Waals surface area contributed by atoms with Gasteiger partial charge < -0.3 is 11.1 Å². The molecule has 0 radical (unpaired) electrons. The Hall–Kier alpha value is -1.92. The van der Waals surface area contributed by atoms with E-state index in [4.69, 9.17) is 5.73 Å². The fraction of sp³-hybridized carbons (Fsp3) is 0.600. The summed E-state index contributed by atoms with van der Waals surface area (Å²) in [5.74, 6) is 0.936. The quantitative estimate of drug-likeness (QED) is 0.792. The Balaban J connectivity index is 2.01. The fourth-order valence-electron chi connectivity index (χ4n) is 2.29. The minimum absolute atomic E-state index is 0.235. The van der Waals surface area contributed by atoms with Gasteiger partial charge in [-0.1, -0.05) is 12.8 Å². The summed E-state index contributed by atoms with van der Waals surface area (Å²) >= 11 is 0. The van der Waals surface area contributed by atoms with Crippen molar-refractivity contribution in [1.29, 1.82) is 0 Å². The van der Waals surface area contributed by atoms with Crippen LogP contribution in [0.15, 0.2) is 0 Å². The van der Waals surface area contributed by atoms with Crippen LogP contribution in [0.5, 0.6) is 0 Å². The number of nitrogens with two attached hydrogens (primary N) is 1. The molecule has 0 atom stereocenters. The lowest BCUT2D eigenvalue weighted by Gasteiger charge is -2.12. The minimum atomic E-state index is 0.235. The third-order valence-corrected chi connectivity index (χ3v) is 3.06. The summed E-state index contributed by atoms with van der Waals surface area (Å²) in [4.78, 5) is 9.77. The van der Waals surface area contributed by atoms with Crippen LogP contribution in [-0.4, -0.2) is 31.0 Å². The highest BCUT2D eigenvalue weighted by atomic mass is 15.5. The van der Waals surface area contributed by atoms with Crippen LogP contribution in [0.4, 0.5) is 11.8 Å². The van der Waals surface area contributed by atoms with E-state index in [0.717, 1.165) is 0 Å². The Morgan fingerprint density at radius 1 is 1.24 bits per heavy atom. The predicted octanol–water partition coefficient (Wildman–Crippen LogP) is 0.695. The van der Waals surface area contributed by atoms with Gasteiger partial charge in [0.05, 0.1) is 0 Å². The number of anilines is 2. The third-order valence-electron chi connectivity index (χ3n) is 3.06. The Morgan fingerprint density at radius 2 is 2.00 bits per heavy atom. The fourth-order valence-corrected chi connectivity index (χ4v) is 2.29. The molecule has 0 aromatic carbocycles. The second-order valence-corrected chi connectivity index (χ2v) is 4.42. The lowest BCUT2D eigenvalue weighted by Crippen LogP contribution is -2.16. The zero-order valence-electron chi connectivity index (χ0n) is 9.72. The molecular weight excluding hydrogens is 218 g/mol. The maximum atomic E-state index is 5.67. The number of aromatic nitrogens is 5. The van der Waals surface area contributed by atoms with Gasteiger partial charge in [0, 0.05) is 13.1 Å². The molecule has 17 heavy (non-hydrogen) atoms. The number of nitrogens with zero attached hydrogens (tertiary/aromatic N) is 5. The van der Waals surface area contributed by atoms with Crippen LogP contribution >= 0.6 is 0 Å². The molecule has 0 aliphatic heterocycles. The smallest absolute Gasteiger partial charge is 0.224 e. The van der Waals surface area contributed by atoms with E-state index in [1.54, 1.807) is 7.05 Å². The van der Waals surface area contributed by atoms with Crippen molar-refractivity contribution in [3.8, 4) is 0 Å². The zero-order valence-corrected chi connectivity index (χ0v) is 9.72. The average Bonchev–Trinajstić information content (AvgIpc) is 2.86. The van der Waals surface area contributed by atoms with Gasteiger partial charge in [-0.3, -0.25) is 0 Å². The van der Waals surface area contributed by atoms with Crippen molar-refractivity contribution >= 4 is 22.9 Å². The highest BCUT2D eigenvalue weighted by Crippen LogP contribution is 2.24. The molecule has 0 spiro atoms. The molecular formula is C10H15N7. The first kappa shape index (κ1) is 10.2. The number of nitrogen functional groups attached to an aromatic ring is 1. The van der Waals surface area contributed by atoms with Gasteiger partial charge >= 0.3 is 0 Å². The average molecular weight is 233 g/mol. The van der Waals surface area contributed by atoms with Crippen molar-refractivity contribution in [3.05, 3.63) is 0 Å². The minimum Gasteiger partial charge on any atom is -0.368 e. The second kappa shape index (κ2) is 3.83. The molecule has 0 amide bonds. The highest BCUT2D eigenvalue weighted by molar-refractivity contribution is 5.82. The summed E-state index contributed by atoms with van der Waals surface area (Å²) in [7, 11) is 1.76.